The van der Waals surface area contributed by atoms with Gasteiger partial charge in [-0.1, -0.05) is 60.7 Å². The third-order valence-corrected chi connectivity index (χ3v) is 4.91. The van der Waals surface area contributed by atoms with Crippen LogP contribution in [0.4, 0.5) is 0 Å². The van der Waals surface area contributed by atoms with E-state index in [9.17, 15) is 13.0 Å². The summed E-state index contributed by atoms with van der Waals surface area (Å²) >= 11 is 0. The Labute approximate surface area is 139 Å². The molecule has 0 amide bonds. The highest BCUT2D eigenvalue weighted by Crippen LogP contribution is 2.34. The molecule has 0 N–H and O–H groups in total. The highest BCUT2D eigenvalue weighted by Gasteiger charge is 2.15. The zero-order valence-corrected chi connectivity index (χ0v) is 13.3. The molecule has 5 heteroatoms. The van der Waals surface area contributed by atoms with Gasteiger partial charge in [0.2, 0.25) is 0 Å². The molecule has 118 valence electrons. The van der Waals surface area contributed by atoms with E-state index in [1.54, 1.807) is 12.1 Å². The molecule has 0 radical (unpaired) electrons. The van der Waals surface area contributed by atoms with Crippen molar-refractivity contribution in [3.05, 3.63) is 72.8 Å². The number of hydrogen-bond donors (Lipinski definition) is 0. The lowest BCUT2D eigenvalue weighted by Crippen LogP contribution is -2.02. The number of aromatic nitrogens is 1. The van der Waals surface area contributed by atoms with Crippen molar-refractivity contribution >= 4 is 31.8 Å². The van der Waals surface area contributed by atoms with Crippen LogP contribution in [0.5, 0.6) is 0 Å². The predicted molar refractivity (Wildman–Crippen MR) is 92.6 cm³/mol. The lowest BCUT2D eigenvalue weighted by Gasteiger charge is -2.15. The van der Waals surface area contributed by atoms with Crippen LogP contribution in [0, 0.1) is 0 Å². The van der Waals surface area contributed by atoms with Gasteiger partial charge in [-0.25, -0.2) is 13.4 Å². The fraction of sp³-hybridized carbons (Fsp3) is 0. The van der Waals surface area contributed by atoms with Gasteiger partial charge in [-0.15, -0.1) is 0 Å². The van der Waals surface area contributed by atoms with E-state index in [2.05, 4.69) is 4.98 Å². The molecule has 0 saturated heterocycles. The van der Waals surface area contributed by atoms with Crippen molar-refractivity contribution in [1.82, 2.24) is 4.98 Å². The second-order valence-electron chi connectivity index (χ2n) is 5.47. The Hall–Kier alpha value is -2.76. The van der Waals surface area contributed by atoms with Crippen LogP contribution in [0.2, 0.25) is 0 Å². The molecular formula is C19H12NO3S-. The van der Waals surface area contributed by atoms with Gasteiger partial charge in [0.25, 0.3) is 0 Å². The van der Waals surface area contributed by atoms with Gasteiger partial charge in [-0.3, -0.25) is 0 Å². The van der Waals surface area contributed by atoms with E-state index in [4.69, 9.17) is 0 Å². The van der Waals surface area contributed by atoms with Gasteiger partial charge in [-0.2, -0.15) is 0 Å². The molecule has 4 aromatic rings. The summed E-state index contributed by atoms with van der Waals surface area (Å²) in [6.07, 6.45) is 0. The Morgan fingerprint density at radius 1 is 0.708 bits per heavy atom. The second-order valence-corrected chi connectivity index (χ2v) is 6.82. The maximum absolute atomic E-state index is 11.6. The number of fused-ring (bicyclic) bond motifs is 3. The van der Waals surface area contributed by atoms with Gasteiger partial charge in [0.05, 0.1) is 16.1 Å². The fourth-order valence-corrected chi connectivity index (χ4v) is 3.67. The van der Waals surface area contributed by atoms with Gasteiger partial charge < -0.3 is 4.55 Å². The number of rotatable bonds is 2. The SMILES string of the molecule is O=S(=O)([O-])c1ccccc1-c1nc2ccccc2c2ccccc12. The third kappa shape index (κ3) is 2.35. The summed E-state index contributed by atoms with van der Waals surface area (Å²) < 4.78 is 34.9. The molecule has 1 heterocycles. The van der Waals surface area contributed by atoms with Gasteiger partial charge in [0.15, 0.2) is 0 Å². The molecule has 24 heavy (non-hydrogen) atoms. The first-order valence-electron chi connectivity index (χ1n) is 7.38. The number of nitrogens with zero attached hydrogens (tertiary/aromatic N) is 1. The monoisotopic (exact) mass is 334 g/mol. The summed E-state index contributed by atoms with van der Waals surface area (Å²) in [4.78, 5) is 4.39. The van der Waals surface area contributed by atoms with E-state index in [1.165, 1.54) is 12.1 Å². The molecule has 0 fully saturated rings. The molecule has 0 aliphatic carbocycles. The maximum atomic E-state index is 11.6. The summed E-state index contributed by atoms with van der Waals surface area (Å²) in [6.45, 7) is 0. The summed E-state index contributed by atoms with van der Waals surface area (Å²) in [7, 11) is -4.59. The summed E-state index contributed by atoms with van der Waals surface area (Å²) in [5.74, 6) is 0. The summed E-state index contributed by atoms with van der Waals surface area (Å²) in [6, 6.07) is 21.5. The van der Waals surface area contributed by atoms with Crippen LogP contribution in [-0.4, -0.2) is 18.0 Å². The average molecular weight is 334 g/mol. The zero-order chi connectivity index (χ0) is 16.7. The Kier molecular flexibility index (Phi) is 3.33. The van der Waals surface area contributed by atoms with E-state index in [0.717, 1.165) is 21.7 Å². The Morgan fingerprint density at radius 3 is 2.04 bits per heavy atom. The molecule has 3 aromatic carbocycles. The minimum absolute atomic E-state index is 0.252. The van der Waals surface area contributed by atoms with Crippen molar-refractivity contribution in [2.75, 3.05) is 0 Å². The van der Waals surface area contributed by atoms with Crippen molar-refractivity contribution in [3.8, 4) is 11.3 Å². The largest absolute Gasteiger partial charge is 0.744 e. The fourth-order valence-electron chi connectivity index (χ4n) is 2.99. The third-order valence-electron chi connectivity index (χ3n) is 4.02. The van der Waals surface area contributed by atoms with E-state index in [0.29, 0.717) is 11.3 Å². The zero-order valence-electron chi connectivity index (χ0n) is 12.5. The number of para-hydroxylation sites is 1. The normalized spacial score (nSPS) is 11.9. The molecule has 0 spiro atoms. The number of benzene rings is 3. The van der Waals surface area contributed by atoms with Crippen LogP contribution >= 0.6 is 0 Å². The molecule has 0 unspecified atom stereocenters. The molecule has 0 bridgehead atoms. The molecule has 4 nitrogen and oxygen atoms in total. The van der Waals surface area contributed by atoms with Crippen LogP contribution in [0.3, 0.4) is 0 Å². The molecule has 0 aliphatic rings. The standard InChI is InChI=1S/C19H13NO3S/c21-24(22,23)18-12-6-4-10-16(18)19-15-9-2-1-7-13(15)14-8-3-5-11-17(14)20-19/h1-12H,(H,21,22,23)/p-1. The topological polar surface area (TPSA) is 70.1 Å². The summed E-state index contributed by atoms with van der Waals surface area (Å²) in [5.41, 5.74) is 1.58. The van der Waals surface area contributed by atoms with Crippen LogP contribution < -0.4 is 0 Å². The van der Waals surface area contributed by atoms with Crippen LogP contribution in [0.15, 0.2) is 77.7 Å². The predicted octanol–water partition coefficient (Wildman–Crippen LogP) is 3.96. The van der Waals surface area contributed by atoms with Crippen molar-refractivity contribution in [2.24, 2.45) is 0 Å². The smallest absolute Gasteiger partial charge is 0.125 e. The summed E-state index contributed by atoms with van der Waals surface area (Å²) in [5, 5.41) is 2.77. The first-order chi connectivity index (χ1) is 11.6. The number of pyridine rings is 1. The lowest BCUT2D eigenvalue weighted by molar-refractivity contribution is 0.463. The highest BCUT2D eigenvalue weighted by atomic mass is 32.2. The van der Waals surface area contributed by atoms with Crippen LogP contribution in [-0.2, 0) is 10.1 Å². The van der Waals surface area contributed by atoms with Crippen LogP contribution in [0.25, 0.3) is 32.9 Å². The molecule has 1 aromatic heterocycles. The van der Waals surface area contributed by atoms with Crippen molar-refractivity contribution < 1.29 is 13.0 Å². The molecule has 0 saturated carbocycles. The minimum Gasteiger partial charge on any atom is -0.744 e. The first kappa shape index (κ1) is 14.8. The van der Waals surface area contributed by atoms with Crippen molar-refractivity contribution in [2.45, 2.75) is 4.90 Å². The van der Waals surface area contributed by atoms with E-state index in [-0.39, 0.29) is 4.90 Å². The van der Waals surface area contributed by atoms with Crippen LogP contribution in [0.1, 0.15) is 0 Å². The second kappa shape index (κ2) is 5.40. The molecule has 0 aliphatic heterocycles. The Balaban J connectivity index is 2.19. The lowest BCUT2D eigenvalue weighted by atomic mass is 10.00. The highest BCUT2D eigenvalue weighted by molar-refractivity contribution is 7.85. The minimum atomic E-state index is -4.59. The Morgan fingerprint density at radius 2 is 1.29 bits per heavy atom. The van der Waals surface area contributed by atoms with E-state index in [1.807, 2.05) is 48.5 Å². The molecular weight excluding hydrogens is 322 g/mol. The Bertz CT molecular complexity index is 1180. The average Bonchev–Trinajstić information content (AvgIpc) is 2.60. The molecule has 0 atom stereocenters. The first-order valence-corrected chi connectivity index (χ1v) is 8.79. The van der Waals surface area contributed by atoms with Gasteiger partial charge >= 0.3 is 0 Å². The number of hydrogen-bond acceptors (Lipinski definition) is 4. The van der Waals surface area contributed by atoms with Crippen molar-refractivity contribution in [3.63, 3.8) is 0 Å². The quantitative estimate of drug-likeness (QED) is 0.411. The van der Waals surface area contributed by atoms with Gasteiger partial charge in [0.1, 0.15) is 10.1 Å². The van der Waals surface area contributed by atoms with Gasteiger partial charge in [-0.05, 0) is 17.5 Å². The van der Waals surface area contributed by atoms with Gasteiger partial charge in [0, 0.05) is 16.3 Å². The van der Waals surface area contributed by atoms with E-state index < -0.39 is 10.1 Å². The van der Waals surface area contributed by atoms with Crippen molar-refractivity contribution in [1.29, 1.82) is 0 Å². The maximum Gasteiger partial charge on any atom is 0.125 e. The molecule has 4 rings (SSSR count). The van der Waals surface area contributed by atoms with E-state index >= 15 is 0 Å².